The van der Waals surface area contributed by atoms with Gasteiger partial charge < -0.3 is 70.1 Å². The fraction of sp³-hybridized carbons (Fsp3) is 0.976. The highest BCUT2D eigenvalue weighted by molar-refractivity contribution is 6.94. The fourth-order valence-electron chi connectivity index (χ4n) is 9.73. The van der Waals surface area contributed by atoms with Gasteiger partial charge in [0.25, 0.3) is 0 Å². The number of nitrogens with one attached hydrogen (secondary N) is 3. The lowest BCUT2D eigenvalue weighted by molar-refractivity contribution is -0.142. The van der Waals surface area contributed by atoms with Crippen molar-refractivity contribution in [2.24, 2.45) is 0 Å². The topological polar surface area (TPSA) is 176 Å². The molecule has 0 aromatic carbocycles. The summed E-state index contributed by atoms with van der Waals surface area (Å²) in [6, 6.07) is 0. The van der Waals surface area contributed by atoms with Gasteiger partial charge in [0.15, 0.2) is 8.32 Å². The van der Waals surface area contributed by atoms with Crippen molar-refractivity contribution >= 4 is 117 Å². The number of carbonyl (C=O) groups excluding carboxylic acids is 1. The molecule has 0 aromatic heterocycles. The smallest absolute Gasteiger partial charge is 0.314 e. The summed E-state index contributed by atoms with van der Waals surface area (Å²) < 4.78 is 87.2. The molecule has 73 heavy (non-hydrogen) atoms. The predicted octanol–water partition coefficient (Wildman–Crippen LogP) is 9.92. The van der Waals surface area contributed by atoms with Crippen molar-refractivity contribution < 1.29 is 58.9 Å². The minimum absolute atomic E-state index is 0.225. The molecule has 0 spiro atoms. The Balaban J connectivity index is 5.36. The van der Waals surface area contributed by atoms with Gasteiger partial charge in [0, 0.05) is 45.8 Å². The molecule has 0 unspecified atom stereocenters. The van der Waals surface area contributed by atoms with E-state index in [-0.39, 0.29) is 12.2 Å². The van der Waals surface area contributed by atoms with Gasteiger partial charge in [-0.3, -0.25) is 9.69 Å². The summed E-state index contributed by atoms with van der Waals surface area (Å²) in [6.07, 6.45) is 2.96. The number of nitrogens with zero attached hydrogens (tertiary/aromatic N) is 1. The molecular weight excluding hydrogens is 1150 g/mol. The van der Waals surface area contributed by atoms with E-state index in [0.717, 1.165) is 45.8 Å². The molecule has 0 aliphatic carbocycles. The normalized spacial score (nSPS) is 14.9. The maximum Gasteiger partial charge on any atom is 0.314 e. The van der Waals surface area contributed by atoms with Crippen molar-refractivity contribution in [1.82, 2.24) is 20.9 Å². The summed E-state index contributed by atoms with van der Waals surface area (Å²) in [5.74, 6) is -0.225. The van der Waals surface area contributed by atoms with Crippen molar-refractivity contribution in [3.8, 4) is 0 Å². The highest BCUT2D eigenvalue weighted by Gasteiger charge is 2.52. The first-order valence-corrected chi connectivity index (χ1v) is 64.2. The minimum atomic E-state index is -2.82. The Morgan fingerprint density at radius 2 is 0.644 bits per heavy atom. The summed E-state index contributed by atoms with van der Waals surface area (Å²) in [5, 5.41) is 10.2. The molecule has 0 saturated carbocycles. The third-order valence-corrected chi connectivity index (χ3v) is 58.4. The van der Waals surface area contributed by atoms with E-state index in [1.165, 1.54) is 12.8 Å². The molecule has 3 N–H and O–H groups in total. The molecule has 31 heteroatoms. The highest BCUT2D eigenvalue weighted by Crippen LogP contribution is 2.32. The molecule has 0 radical (unpaired) electrons. The molecule has 0 aliphatic heterocycles. The van der Waals surface area contributed by atoms with Crippen LogP contribution in [0.15, 0.2) is 0 Å². The average molecular weight is 1260 g/mol. The van der Waals surface area contributed by atoms with Crippen LogP contribution in [0, 0.1) is 0 Å². The SMILES string of the molecule is CCCCNCCN(CCNC)CCNCCC(=O)OC[Si](C)(C)O[Si](C)(C)O[Si](C)(C)O[Si](C)(C)O[Si](C)(C)O[Si](C)(C)O[Si](C)(C)O[Si](C)(C)O[Si](C)(C)O[Si](C)(C)O[Si](C)(C)O[Si](C)(C)O[Si](C)(C)C. The van der Waals surface area contributed by atoms with E-state index in [1.54, 1.807) is 0 Å². The van der Waals surface area contributed by atoms with Crippen LogP contribution in [0.2, 0.25) is 177 Å². The number of rotatable bonds is 41. The third-order valence-electron chi connectivity index (χ3n) is 9.67. The van der Waals surface area contributed by atoms with Crippen molar-refractivity contribution in [3.63, 3.8) is 0 Å². The first-order chi connectivity index (χ1) is 32.4. The average Bonchev–Trinajstić information content (AvgIpc) is 3.05. The first kappa shape index (κ1) is 74.6. The Morgan fingerprint density at radius 3 is 0.932 bits per heavy atom. The number of carbonyl (C=O) groups is 1. The molecular formula is C42H114N4O14Si13. The molecule has 18 nitrogen and oxygen atoms in total. The van der Waals surface area contributed by atoms with E-state index < -0.39 is 111 Å². The number of esters is 1. The standard InChI is InChI=1S/C42H114N4O14Si13/c1-30-31-33-44-36-39-46(38-35-43-2)40-37-45-34-32-42(47)48-41-62(6,7)50-64(10,11)52-66(14,15)54-68(18,19)56-70(22,23)58-72(26,27)60-73(28,29)59-71(24,25)57-69(20,21)55-67(16,17)53-65(12,13)51-63(8,9)49-61(3,4)5/h43-45H,30-41H2,1-29H3. The molecule has 0 bridgehead atoms. The number of likely N-dealkylation sites (N-methyl/N-ethyl adjacent to an activating group) is 1. The number of hydrogen-bond donors (Lipinski definition) is 3. The summed E-state index contributed by atoms with van der Waals surface area (Å²) in [6.45, 7) is 65.5. The second kappa shape index (κ2) is 30.1. The van der Waals surface area contributed by atoms with E-state index in [9.17, 15) is 4.79 Å². The lowest BCUT2D eigenvalue weighted by atomic mass is 10.3. The summed E-state index contributed by atoms with van der Waals surface area (Å²) in [4.78, 5) is 15.2. The number of hydrogen-bond acceptors (Lipinski definition) is 18. The zero-order valence-electron chi connectivity index (χ0n) is 52.1. The third kappa shape index (κ3) is 38.9. The molecule has 0 atom stereocenters. The maximum absolute atomic E-state index is 12.8. The van der Waals surface area contributed by atoms with Gasteiger partial charge in [-0.25, -0.2) is 0 Å². The zero-order chi connectivity index (χ0) is 57.5. The molecule has 0 heterocycles. The second-order valence-electron chi connectivity index (χ2n) is 25.7. The van der Waals surface area contributed by atoms with E-state index in [2.05, 4.69) is 165 Å². The summed E-state index contributed by atoms with van der Waals surface area (Å²) in [5.41, 5.74) is 0. The van der Waals surface area contributed by atoms with E-state index >= 15 is 0 Å². The Hall–Kier alpha value is 1.65. The van der Waals surface area contributed by atoms with Gasteiger partial charge in [0.05, 0.1) is 6.42 Å². The first-order valence-electron chi connectivity index (χ1n) is 26.7. The van der Waals surface area contributed by atoms with Crippen LogP contribution in [0.25, 0.3) is 0 Å². The Kier molecular flexibility index (Phi) is 30.8. The molecule has 0 amide bonds. The lowest BCUT2D eigenvalue weighted by Gasteiger charge is -2.45. The Labute approximate surface area is 462 Å². The maximum atomic E-state index is 12.8. The van der Waals surface area contributed by atoms with Crippen molar-refractivity contribution in [2.75, 3.05) is 65.6 Å². The second-order valence-corrected chi connectivity index (χ2v) is 74.3. The van der Waals surface area contributed by atoms with Gasteiger partial charge in [-0.2, -0.15) is 0 Å². The van der Waals surface area contributed by atoms with Gasteiger partial charge in [-0.15, -0.1) is 0 Å². The molecule has 0 rings (SSSR count). The van der Waals surface area contributed by atoms with Crippen LogP contribution in [0.5, 0.6) is 0 Å². The van der Waals surface area contributed by atoms with Crippen molar-refractivity contribution in [2.45, 2.75) is 203 Å². The molecule has 0 fully saturated rings. The van der Waals surface area contributed by atoms with Gasteiger partial charge >= 0.3 is 100 Å². The molecule has 438 valence electrons. The summed E-state index contributed by atoms with van der Waals surface area (Å²) >= 11 is 0. The number of ether oxygens (including phenoxy) is 1. The zero-order valence-corrected chi connectivity index (χ0v) is 65.1. The Bertz CT molecular complexity index is 1630. The Morgan fingerprint density at radius 1 is 0.370 bits per heavy atom. The largest absolute Gasteiger partial charge is 0.466 e. The quantitative estimate of drug-likeness (QED) is 0.0299. The van der Waals surface area contributed by atoms with Crippen LogP contribution in [-0.2, 0) is 58.9 Å². The van der Waals surface area contributed by atoms with Gasteiger partial charge in [-0.1, -0.05) is 13.3 Å². The van der Waals surface area contributed by atoms with Crippen LogP contribution >= 0.6 is 0 Å². The highest BCUT2D eigenvalue weighted by atomic mass is 28.5. The van der Waals surface area contributed by atoms with E-state index in [1.807, 2.05) is 46.3 Å². The monoisotopic (exact) mass is 1260 g/mol. The van der Waals surface area contributed by atoms with E-state index in [4.69, 9.17) is 54.1 Å². The van der Waals surface area contributed by atoms with Crippen LogP contribution in [0.3, 0.4) is 0 Å². The molecule has 0 aromatic rings. The fourth-order valence-corrected chi connectivity index (χ4v) is 75.0. The van der Waals surface area contributed by atoms with Gasteiger partial charge in [0.2, 0.25) is 8.32 Å². The van der Waals surface area contributed by atoms with Crippen molar-refractivity contribution in [3.05, 3.63) is 0 Å². The van der Waals surface area contributed by atoms with Gasteiger partial charge in [-0.05, 0) is 197 Å². The summed E-state index contributed by atoms with van der Waals surface area (Å²) in [7, 11) is -32.2. The predicted molar refractivity (Wildman–Crippen MR) is 333 cm³/mol. The molecule has 0 saturated heterocycles. The van der Waals surface area contributed by atoms with Crippen LogP contribution in [-0.4, -0.2) is 187 Å². The lowest BCUT2D eigenvalue weighted by Crippen LogP contribution is -2.63. The van der Waals surface area contributed by atoms with Crippen LogP contribution in [0.1, 0.15) is 26.2 Å². The minimum Gasteiger partial charge on any atom is -0.466 e. The molecule has 0 aliphatic rings. The van der Waals surface area contributed by atoms with E-state index in [0.29, 0.717) is 13.0 Å². The van der Waals surface area contributed by atoms with Crippen molar-refractivity contribution in [1.29, 1.82) is 0 Å². The van der Waals surface area contributed by atoms with Gasteiger partial charge in [0.1, 0.15) is 6.23 Å². The van der Waals surface area contributed by atoms with Crippen LogP contribution < -0.4 is 16.0 Å². The number of unbranched alkanes of at least 4 members (excludes halogenated alkanes) is 1. The van der Waals surface area contributed by atoms with Crippen LogP contribution in [0.4, 0.5) is 0 Å².